The van der Waals surface area contributed by atoms with E-state index in [1.807, 2.05) is 0 Å². The third-order valence-electron chi connectivity index (χ3n) is 3.49. The highest BCUT2D eigenvalue weighted by molar-refractivity contribution is 6.02. The van der Waals surface area contributed by atoms with E-state index < -0.39 is 27.1 Å². The second kappa shape index (κ2) is 6.16. The lowest BCUT2D eigenvalue weighted by molar-refractivity contribution is -0.393. The zero-order valence-corrected chi connectivity index (χ0v) is 12.6. The van der Waals surface area contributed by atoms with Crippen LogP contribution < -0.4 is 5.73 Å². The molecule has 0 aromatic heterocycles. The number of ether oxygens (including phenoxy) is 1. The maximum absolute atomic E-state index is 12.6. The predicted octanol–water partition coefficient (Wildman–Crippen LogP) is 1.33. The first kappa shape index (κ1) is 16.6. The van der Waals surface area contributed by atoms with Crippen molar-refractivity contribution in [3.05, 3.63) is 37.9 Å². The molecule has 0 aliphatic carbocycles. The Hall–Kier alpha value is -2.75. The van der Waals surface area contributed by atoms with Crippen LogP contribution in [0.2, 0.25) is 0 Å². The van der Waals surface area contributed by atoms with E-state index in [0.717, 1.165) is 12.1 Å². The summed E-state index contributed by atoms with van der Waals surface area (Å²) < 4.78 is 5.51. The number of amides is 1. The molecule has 0 saturated carbocycles. The number of benzene rings is 1. The highest BCUT2D eigenvalue weighted by atomic mass is 16.6. The Morgan fingerprint density at radius 3 is 2.26 bits per heavy atom. The maximum atomic E-state index is 12.6. The van der Waals surface area contributed by atoms with Crippen molar-refractivity contribution < 1.29 is 19.4 Å². The number of hydrogen-bond donors (Lipinski definition) is 1. The van der Waals surface area contributed by atoms with Gasteiger partial charge >= 0.3 is 0 Å². The molecule has 1 aromatic carbocycles. The normalized spacial score (nSPS) is 21.0. The van der Waals surface area contributed by atoms with E-state index >= 15 is 0 Å². The summed E-state index contributed by atoms with van der Waals surface area (Å²) in [6, 6.07) is 1.71. The number of morpholine rings is 1. The number of non-ortho nitro benzene ring substituents is 1. The number of nitro benzene ring substituents is 2. The lowest BCUT2D eigenvalue weighted by Crippen LogP contribution is -2.48. The van der Waals surface area contributed by atoms with Crippen LogP contribution in [-0.2, 0) is 4.74 Å². The highest BCUT2D eigenvalue weighted by Gasteiger charge is 2.31. The molecule has 2 N–H and O–H groups in total. The molecule has 1 aliphatic heterocycles. The van der Waals surface area contributed by atoms with Crippen LogP contribution in [0.25, 0.3) is 0 Å². The van der Waals surface area contributed by atoms with Gasteiger partial charge in [-0.3, -0.25) is 25.0 Å². The van der Waals surface area contributed by atoms with Gasteiger partial charge in [0, 0.05) is 19.2 Å². The van der Waals surface area contributed by atoms with E-state index in [2.05, 4.69) is 0 Å². The zero-order valence-electron chi connectivity index (χ0n) is 12.6. The highest BCUT2D eigenvalue weighted by Crippen LogP contribution is 2.32. The van der Waals surface area contributed by atoms with Gasteiger partial charge in [-0.1, -0.05) is 0 Å². The van der Waals surface area contributed by atoms with Gasteiger partial charge in [-0.25, -0.2) is 0 Å². The molecule has 1 heterocycles. The number of carbonyl (C=O) groups is 1. The minimum Gasteiger partial charge on any atom is -0.392 e. The SMILES string of the molecule is C[C@H]1CN(C(=O)c2cc([N+](=O)[O-])cc([N+](=O)[O-])c2N)C[C@H](C)O1. The number of nitrogen functional groups attached to an aromatic ring is 1. The summed E-state index contributed by atoms with van der Waals surface area (Å²) >= 11 is 0. The quantitative estimate of drug-likeness (QED) is 0.502. The number of nitrogens with zero attached hydrogens (tertiary/aromatic N) is 3. The molecule has 1 aromatic rings. The van der Waals surface area contributed by atoms with E-state index in [1.165, 1.54) is 4.90 Å². The summed E-state index contributed by atoms with van der Waals surface area (Å²) in [5.41, 5.74) is 3.86. The minimum absolute atomic E-state index is 0.211. The lowest BCUT2D eigenvalue weighted by atomic mass is 10.1. The van der Waals surface area contributed by atoms with Gasteiger partial charge in [0.25, 0.3) is 17.3 Å². The second-order valence-electron chi connectivity index (χ2n) is 5.41. The number of carbonyl (C=O) groups excluding carboxylic acids is 1. The maximum Gasteiger partial charge on any atom is 0.299 e. The Morgan fingerprint density at radius 1 is 1.22 bits per heavy atom. The average molecular weight is 324 g/mol. The topological polar surface area (TPSA) is 142 Å². The van der Waals surface area contributed by atoms with Crippen LogP contribution in [0.3, 0.4) is 0 Å². The molecule has 10 heteroatoms. The summed E-state index contributed by atoms with van der Waals surface area (Å²) in [7, 11) is 0. The molecule has 1 aliphatic rings. The first-order valence-corrected chi connectivity index (χ1v) is 6.87. The summed E-state index contributed by atoms with van der Waals surface area (Å²) in [5.74, 6) is -0.587. The minimum atomic E-state index is -0.844. The number of nitrogens with two attached hydrogens (primary N) is 1. The number of nitro groups is 2. The van der Waals surface area contributed by atoms with Gasteiger partial charge in [0.1, 0.15) is 5.69 Å². The van der Waals surface area contributed by atoms with Crippen LogP contribution in [0.4, 0.5) is 17.1 Å². The average Bonchev–Trinajstić information content (AvgIpc) is 2.45. The Kier molecular flexibility index (Phi) is 4.45. The molecule has 0 radical (unpaired) electrons. The van der Waals surface area contributed by atoms with Crippen molar-refractivity contribution in [2.75, 3.05) is 18.8 Å². The standard InChI is InChI=1S/C13H16N4O6/c1-7-5-15(6-8(2)23-7)13(18)10-3-9(16(19)20)4-11(12(10)14)17(21)22/h3-4,7-8H,5-6,14H2,1-2H3/t7-,8-/m0/s1. The van der Waals surface area contributed by atoms with E-state index in [0.29, 0.717) is 0 Å². The smallest absolute Gasteiger partial charge is 0.299 e. The molecule has 2 atom stereocenters. The molecule has 23 heavy (non-hydrogen) atoms. The molecule has 124 valence electrons. The largest absolute Gasteiger partial charge is 0.392 e. The monoisotopic (exact) mass is 324 g/mol. The fraction of sp³-hybridized carbons (Fsp3) is 0.462. The molecular weight excluding hydrogens is 308 g/mol. The summed E-state index contributed by atoms with van der Waals surface area (Å²) in [6.07, 6.45) is -0.421. The van der Waals surface area contributed by atoms with Gasteiger partial charge in [0.2, 0.25) is 0 Å². The van der Waals surface area contributed by atoms with Crippen LogP contribution >= 0.6 is 0 Å². The van der Waals surface area contributed by atoms with E-state index in [-0.39, 0.29) is 36.5 Å². The van der Waals surface area contributed by atoms with Crippen LogP contribution in [0.5, 0.6) is 0 Å². The molecule has 1 amide bonds. The molecule has 1 fully saturated rings. The Bertz CT molecular complexity index is 667. The predicted molar refractivity (Wildman–Crippen MR) is 80.1 cm³/mol. The van der Waals surface area contributed by atoms with Crippen LogP contribution in [0, 0.1) is 20.2 Å². The number of hydrogen-bond acceptors (Lipinski definition) is 7. The summed E-state index contributed by atoms with van der Waals surface area (Å²) in [5, 5.41) is 21.9. The number of rotatable bonds is 3. The fourth-order valence-corrected chi connectivity index (χ4v) is 2.57. The van der Waals surface area contributed by atoms with Crippen molar-refractivity contribution in [1.29, 1.82) is 0 Å². The Labute approximate surface area is 131 Å². The molecule has 2 rings (SSSR count). The molecule has 1 saturated heterocycles. The molecule has 0 spiro atoms. The van der Waals surface area contributed by atoms with E-state index in [9.17, 15) is 25.0 Å². The summed E-state index contributed by atoms with van der Waals surface area (Å²) in [4.78, 5) is 34.3. The van der Waals surface area contributed by atoms with Gasteiger partial charge in [-0.2, -0.15) is 0 Å². The Morgan fingerprint density at radius 2 is 1.78 bits per heavy atom. The van der Waals surface area contributed by atoms with E-state index in [1.54, 1.807) is 13.8 Å². The zero-order chi connectivity index (χ0) is 17.3. The van der Waals surface area contributed by atoms with Crippen molar-refractivity contribution in [3.63, 3.8) is 0 Å². The van der Waals surface area contributed by atoms with E-state index in [4.69, 9.17) is 10.5 Å². The molecule has 0 unspecified atom stereocenters. The molecule has 10 nitrogen and oxygen atoms in total. The molecule has 0 bridgehead atoms. The first-order valence-electron chi connectivity index (χ1n) is 6.87. The third-order valence-corrected chi connectivity index (χ3v) is 3.49. The van der Waals surface area contributed by atoms with Crippen molar-refractivity contribution in [1.82, 2.24) is 4.90 Å². The fourth-order valence-electron chi connectivity index (χ4n) is 2.57. The molecular formula is C13H16N4O6. The van der Waals surface area contributed by atoms with Crippen molar-refractivity contribution in [3.8, 4) is 0 Å². The van der Waals surface area contributed by atoms with Crippen molar-refractivity contribution >= 4 is 23.0 Å². The van der Waals surface area contributed by atoms with Crippen LogP contribution in [0.1, 0.15) is 24.2 Å². The van der Waals surface area contributed by atoms with Crippen LogP contribution in [0.15, 0.2) is 12.1 Å². The van der Waals surface area contributed by atoms with Gasteiger partial charge < -0.3 is 15.4 Å². The van der Waals surface area contributed by atoms with Gasteiger partial charge in [0.05, 0.1) is 33.7 Å². The van der Waals surface area contributed by atoms with Crippen molar-refractivity contribution in [2.24, 2.45) is 0 Å². The third kappa shape index (κ3) is 3.37. The van der Waals surface area contributed by atoms with Crippen LogP contribution in [-0.4, -0.2) is 46.0 Å². The van der Waals surface area contributed by atoms with Gasteiger partial charge in [-0.15, -0.1) is 0 Å². The van der Waals surface area contributed by atoms with Gasteiger partial charge in [-0.05, 0) is 13.8 Å². The van der Waals surface area contributed by atoms with Gasteiger partial charge in [0.15, 0.2) is 0 Å². The Balaban J connectivity index is 2.46. The van der Waals surface area contributed by atoms with Crippen molar-refractivity contribution in [2.45, 2.75) is 26.1 Å². The lowest BCUT2D eigenvalue weighted by Gasteiger charge is -2.35. The summed E-state index contributed by atoms with van der Waals surface area (Å²) in [6.45, 7) is 4.13. The second-order valence-corrected chi connectivity index (χ2v) is 5.41. The first-order chi connectivity index (χ1) is 10.7. The number of anilines is 1.